The van der Waals surface area contributed by atoms with Crippen LogP contribution in [0.5, 0.6) is 0 Å². The highest BCUT2D eigenvalue weighted by Gasteiger charge is 1.89. The minimum atomic E-state index is -0.530. The predicted octanol–water partition coefficient (Wildman–Crippen LogP) is 1.67. The van der Waals surface area contributed by atoms with Gasteiger partial charge in [-0.2, -0.15) is 0 Å². The van der Waals surface area contributed by atoms with E-state index in [-0.39, 0.29) is 5.02 Å². The third kappa shape index (κ3) is 1.17. The molecule has 0 saturated heterocycles. The van der Waals surface area contributed by atoms with Crippen LogP contribution in [0.15, 0.2) is 12.4 Å². The molecule has 41 valence electrons. The molecule has 1 rings (SSSR count). The zero-order valence-electron chi connectivity index (χ0n) is 3.86. The molecule has 3 heteroatoms. The van der Waals surface area contributed by atoms with E-state index in [0.717, 1.165) is 6.20 Å². The highest BCUT2D eigenvalue weighted by molar-refractivity contribution is 6.30. The van der Waals surface area contributed by atoms with Crippen molar-refractivity contribution in [1.82, 2.24) is 4.98 Å². The minimum Gasteiger partial charge on any atom is -0.260 e. The molecule has 8 heavy (non-hydrogen) atoms. The van der Waals surface area contributed by atoms with Gasteiger partial charge in [-0.15, -0.1) is 0 Å². The van der Waals surface area contributed by atoms with Crippen LogP contribution in [-0.4, -0.2) is 4.98 Å². The Morgan fingerprint density at radius 3 is 2.75 bits per heavy atom. The van der Waals surface area contributed by atoms with Gasteiger partial charge in [-0.1, -0.05) is 11.6 Å². The van der Waals surface area contributed by atoms with Crippen molar-refractivity contribution in [3.05, 3.63) is 29.3 Å². The summed E-state index contributed by atoms with van der Waals surface area (Å²) in [5.74, 6) is -0.530. The number of aromatic nitrogens is 1. The number of nitrogens with zero attached hydrogens (tertiary/aromatic N) is 1. The number of rotatable bonds is 0. The summed E-state index contributed by atoms with van der Waals surface area (Å²) in [7, 11) is 0. The molecule has 0 unspecified atom stereocenters. The van der Waals surface area contributed by atoms with Gasteiger partial charge in [0.25, 0.3) is 0 Å². The second kappa shape index (κ2) is 2.09. The number of halogens is 2. The van der Waals surface area contributed by atoms with Gasteiger partial charge in [0.2, 0.25) is 0 Å². The van der Waals surface area contributed by atoms with Crippen molar-refractivity contribution in [2.45, 2.75) is 0 Å². The van der Waals surface area contributed by atoms with Gasteiger partial charge in [0.1, 0.15) is 0 Å². The minimum absolute atomic E-state index is 0.199. The molecule has 0 N–H and O–H groups in total. The number of hydrogen-bond donors (Lipinski definition) is 0. The van der Waals surface area contributed by atoms with Gasteiger partial charge in [-0.3, -0.25) is 4.98 Å². The van der Waals surface area contributed by atoms with E-state index in [2.05, 4.69) is 11.1 Å². The lowest BCUT2D eigenvalue weighted by Crippen LogP contribution is -1.75. The highest BCUT2D eigenvalue weighted by atomic mass is 35.5. The van der Waals surface area contributed by atoms with Crippen molar-refractivity contribution < 1.29 is 4.39 Å². The first kappa shape index (κ1) is 5.51. The summed E-state index contributed by atoms with van der Waals surface area (Å²) in [6.45, 7) is 0. The molecular weight excluding hydrogens is 129 g/mol. The molecule has 1 aromatic rings. The normalized spacial score (nSPS) is 9.25. The van der Waals surface area contributed by atoms with Crippen LogP contribution in [0.4, 0.5) is 4.39 Å². The molecule has 0 spiro atoms. The molecule has 0 saturated carbocycles. The van der Waals surface area contributed by atoms with Gasteiger partial charge >= 0.3 is 0 Å². The van der Waals surface area contributed by atoms with E-state index in [1.54, 1.807) is 0 Å². The Kier molecular flexibility index (Phi) is 1.44. The predicted molar refractivity (Wildman–Crippen MR) is 28.0 cm³/mol. The van der Waals surface area contributed by atoms with Crippen LogP contribution in [0.2, 0.25) is 5.02 Å². The summed E-state index contributed by atoms with van der Waals surface area (Å²) in [6, 6.07) is 2.21. The van der Waals surface area contributed by atoms with Crippen molar-refractivity contribution >= 4 is 11.6 Å². The second-order valence-electron chi connectivity index (χ2n) is 1.23. The average Bonchev–Trinajstić information content (AvgIpc) is 1.64. The average molecular weight is 131 g/mol. The first-order chi connectivity index (χ1) is 3.79. The fourth-order valence-electron chi connectivity index (χ4n) is 0.347. The molecule has 1 nitrogen and oxygen atoms in total. The van der Waals surface area contributed by atoms with E-state index in [9.17, 15) is 4.39 Å². The Balaban J connectivity index is 3.08. The maximum Gasteiger partial charge on any atom is 0.150 e. The van der Waals surface area contributed by atoms with Crippen LogP contribution in [0.25, 0.3) is 0 Å². The molecule has 0 aliphatic rings. The second-order valence-corrected chi connectivity index (χ2v) is 1.64. The zero-order chi connectivity index (χ0) is 5.98. The lowest BCUT2D eigenvalue weighted by molar-refractivity contribution is 0.619. The van der Waals surface area contributed by atoms with E-state index >= 15 is 0 Å². The largest absolute Gasteiger partial charge is 0.260 e. The molecule has 0 aliphatic carbocycles. The van der Waals surface area contributed by atoms with Gasteiger partial charge in [0, 0.05) is 12.3 Å². The van der Waals surface area contributed by atoms with Crippen molar-refractivity contribution in [2.75, 3.05) is 0 Å². The maximum absolute atomic E-state index is 12.0. The zero-order valence-corrected chi connectivity index (χ0v) is 4.61. The van der Waals surface area contributed by atoms with Gasteiger partial charge in [-0.25, -0.2) is 4.39 Å². The van der Waals surface area contributed by atoms with Crippen molar-refractivity contribution in [3.8, 4) is 0 Å². The molecule has 0 atom stereocenters. The number of hydrogen-bond acceptors (Lipinski definition) is 1. The van der Waals surface area contributed by atoms with Gasteiger partial charge in [-0.05, 0) is 0 Å². The van der Waals surface area contributed by atoms with Crippen molar-refractivity contribution in [1.29, 1.82) is 0 Å². The highest BCUT2D eigenvalue weighted by Crippen LogP contribution is 2.04. The Labute approximate surface area is 51.1 Å². The first-order valence-corrected chi connectivity index (χ1v) is 2.35. The lowest BCUT2D eigenvalue weighted by Gasteiger charge is -1.83. The molecule has 0 amide bonds. The maximum atomic E-state index is 12.0. The van der Waals surface area contributed by atoms with Gasteiger partial charge in [0.05, 0.1) is 11.2 Å². The fraction of sp³-hybridized carbons (Fsp3) is 0. The first-order valence-electron chi connectivity index (χ1n) is 1.97. The van der Waals surface area contributed by atoms with E-state index in [1.165, 1.54) is 6.20 Å². The summed E-state index contributed by atoms with van der Waals surface area (Å²) >= 11 is 5.29. The topological polar surface area (TPSA) is 12.9 Å². The molecule has 1 heterocycles. The lowest BCUT2D eigenvalue weighted by atomic mass is 10.5. The Morgan fingerprint density at radius 1 is 1.62 bits per heavy atom. The van der Waals surface area contributed by atoms with Crippen LogP contribution in [-0.2, 0) is 0 Å². The van der Waals surface area contributed by atoms with E-state index < -0.39 is 5.82 Å². The van der Waals surface area contributed by atoms with E-state index in [0.29, 0.717) is 0 Å². The standard InChI is InChI=1S/C5H2ClFN/c6-4-1-5(7)3-8-2-4/h2-3H. The van der Waals surface area contributed by atoms with Crippen LogP contribution >= 0.6 is 11.6 Å². The van der Waals surface area contributed by atoms with E-state index in [1.807, 2.05) is 0 Å². The fourth-order valence-corrected chi connectivity index (χ4v) is 0.493. The Hall–Kier alpha value is -0.630. The van der Waals surface area contributed by atoms with Crippen molar-refractivity contribution in [3.63, 3.8) is 0 Å². The molecule has 0 aliphatic heterocycles. The van der Waals surface area contributed by atoms with Gasteiger partial charge < -0.3 is 0 Å². The molecule has 0 aromatic carbocycles. The van der Waals surface area contributed by atoms with Crippen LogP contribution < -0.4 is 0 Å². The SMILES string of the molecule is Fc1[c]c(Cl)cnc1. The molecule has 1 aromatic heterocycles. The third-order valence-corrected chi connectivity index (χ3v) is 0.807. The Morgan fingerprint density at radius 2 is 2.38 bits per heavy atom. The smallest absolute Gasteiger partial charge is 0.150 e. The quantitative estimate of drug-likeness (QED) is 0.521. The Bertz CT molecular complexity index is 172. The number of pyridine rings is 1. The van der Waals surface area contributed by atoms with Crippen LogP contribution in [0.1, 0.15) is 0 Å². The molecular formula is C5H2ClFN. The summed E-state index contributed by atoms with van der Waals surface area (Å²) < 4.78 is 12.0. The summed E-state index contributed by atoms with van der Waals surface area (Å²) in [4.78, 5) is 3.45. The molecule has 0 fully saturated rings. The van der Waals surface area contributed by atoms with Gasteiger partial charge in [0.15, 0.2) is 5.82 Å². The summed E-state index contributed by atoms with van der Waals surface area (Å²) in [6.07, 6.45) is 2.37. The molecule has 1 radical (unpaired) electrons. The summed E-state index contributed by atoms with van der Waals surface area (Å²) in [5, 5.41) is 0.199. The van der Waals surface area contributed by atoms with E-state index in [4.69, 9.17) is 11.6 Å². The molecule has 0 bridgehead atoms. The monoisotopic (exact) mass is 130 g/mol. The van der Waals surface area contributed by atoms with Crippen molar-refractivity contribution in [2.24, 2.45) is 0 Å². The third-order valence-electron chi connectivity index (χ3n) is 0.615. The van der Waals surface area contributed by atoms with Crippen LogP contribution in [0, 0.1) is 11.9 Å². The van der Waals surface area contributed by atoms with Crippen LogP contribution in [0.3, 0.4) is 0 Å². The summed E-state index contributed by atoms with van der Waals surface area (Å²) in [5.41, 5.74) is 0.